The molecule has 2 aliphatic heterocycles. The monoisotopic (exact) mass is 370 g/mol. The maximum atomic E-state index is 12.0. The number of hydrogen-bond donors (Lipinski definition) is 4. The van der Waals surface area contributed by atoms with E-state index in [0.29, 0.717) is 0 Å². The molecule has 4 N–H and O–H groups in total. The summed E-state index contributed by atoms with van der Waals surface area (Å²) in [7, 11) is 2.07. The number of anilines is 1. The van der Waals surface area contributed by atoms with Crippen molar-refractivity contribution in [2.24, 2.45) is 0 Å². The molecule has 0 bridgehead atoms. The molecule has 0 aliphatic carbocycles. The van der Waals surface area contributed by atoms with E-state index >= 15 is 0 Å². The van der Waals surface area contributed by atoms with Crippen molar-refractivity contribution in [3.8, 4) is 0 Å². The normalized spacial score (nSPS) is 31.2. The third kappa shape index (κ3) is 4.49. The van der Waals surface area contributed by atoms with Crippen LogP contribution in [0.25, 0.3) is 0 Å². The number of nitrogens with zero attached hydrogens (tertiary/aromatic N) is 2. The molecule has 2 saturated heterocycles. The number of amides is 2. The highest BCUT2D eigenvalue weighted by Gasteiger charge is 2.46. The Morgan fingerprint density at radius 3 is 2.76 bits per heavy atom. The van der Waals surface area contributed by atoms with E-state index in [1.165, 1.54) is 11.3 Å². The van der Waals surface area contributed by atoms with Crippen LogP contribution in [0.3, 0.4) is 0 Å². The molecule has 0 unspecified atom stereocenters. The fourth-order valence-corrected chi connectivity index (χ4v) is 4.01. The number of rotatable bonds is 5. The van der Waals surface area contributed by atoms with Gasteiger partial charge in [-0.2, -0.15) is 11.3 Å². The first kappa shape index (κ1) is 18.6. The summed E-state index contributed by atoms with van der Waals surface area (Å²) in [5.41, 5.74) is 0.749. The van der Waals surface area contributed by atoms with E-state index in [0.717, 1.165) is 31.9 Å². The molecule has 1 aromatic rings. The van der Waals surface area contributed by atoms with Crippen LogP contribution in [-0.4, -0.2) is 96.8 Å². The van der Waals surface area contributed by atoms with E-state index in [-0.39, 0.29) is 31.3 Å². The van der Waals surface area contributed by atoms with Gasteiger partial charge in [0.05, 0.1) is 24.4 Å². The van der Waals surface area contributed by atoms with Crippen molar-refractivity contribution < 1.29 is 19.7 Å². The molecule has 140 valence electrons. The number of urea groups is 1. The minimum atomic E-state index is -0.764. The van der Waals surface area contributed by atoms with E-state index in [4.69, 9.17) is 4.74 Å². The molecular weight excluding hydrogens is 344 g/mol. The van der Waals surface area contributed by atoms with E-state index in [2.05, 4.69) is 27.5 Å². The predicted octanol–water partition coefficient (Wildman–Crippen LogP) is -0.394. The number of nitrogens with one attached hydrogen (secondary N) is 2. The third-order valence-corrected chi connectivity index (χ3v) is 5.53. The molecule has 0 spiro atoms. The standard InChI is InChI=1S/C16H26N4O4S/c1-19-3-5-20(6-4-19)14-12(24-13(9-21)15(14)22)8-17-16(23)18-11-2-7-25-10-11/h2,7,10,12-15,21-22H,3-6,8-9H2,1H3,(H2,17,18,23)/t12-,13+,14+,15-/m1/s1. The van der Waals surface area contributed by atoms with Gasteiger partial charge in [-0.15, -0.1) is 0 Å². The zero-order valence-corrected chi connectivity index (χ0v) is 15.1. The van der Waals surface area contributed by atoms with Crippen molar-refractivity contribution in [2.45, 2.75) is 24.4 Å². The van der Waals surface area contributed by atoms with E-state index in [1.54, 1.807) is 0 Å². The maximum Gasteiger partial charge on any atom is 0.319 e. The Balaban J connectivity index is 1.58. The summed E-state index contributed by atoms with van der Waals surface area (Å²) in [6, 6.07) is 1.29. The summed E-state index contributed by atoms with van der Waals surface area (Å²) < 4.78 is 5.81. The van der Waals surface area contributed by atoms with Gasteiger partial charge in [0.25, 0.3) is 0 Å². The smallest absolute Gasteiger partial charge is 0.319 e. The average Bonchev–Trinajstić information content (AvgIpc) is 3.21. The van der Waals surface area contributed by atoms with Gasteiger partial charge in [-0.25, -0.2) is 4.79 Å². The lowest BCUT2D eigenvalue weighted by atomic mass is 10.0. The van der Waals surface area contributed by atoms with Crippen molar-refractivity contribution in [3.63, 3.8) is 0 Å². The van der Waals surface area contributed by atoms with Gasteiger partial charge in [0.1, 0.15) is 12.2 Å². The third-order valence-electron chi connectivity index (χ3n) is 4.84. The molecule has 4 atom stereocenters. The first-order valence-electron chi connectivity index (χ1n) is 8.52. The van der Waals surface area contributed by atoms with Crippen LogP contribution >= 0.6 is 11.3 Å². The second kappa shape index (κ2) is 8.43. The van der Waals surface area contributed by atoms with Crippen molar-refractivity contribution in [1.29, 1.82) is 0 Å². The lowest BCUT2D eigenvalue weighted by Crippen LogP contribution is -2.57. The van der Waals surface area contributed by atoms with Crippen LogP contribution in [0.1, 0.15) is 0 Å². The number of carbonyl (C=O) groups excluding carboxylic acids is 1. The zero-order valence-electron chi connectivity index (χ0n) is 14.3. The van der Waals surface area contributed by atoms with Crippen molar-refractivity contribution in [2.75, 3.05) is 51.7 Å². The van der Waals surface area contributed by atoms with Crippen LogP contribution in [-0.2, 0) is 4.74 Å². The second-order valence-electron chi connectivity index (χ2n) is 6.56. The average molecular weight is 370 g/mol. The molecule has 9 heteroatoms. The van der Waals surface area contributed by atoms with Crippen LogP contribution in [0.4, 0.5) is 10.5 Å². The van der Waals surface area contributed by atoms with Gasteiger partial charge < -0.3 is 30.5 Å². The van der Waals surface area contributed by atoms with Crippen LogP contribution in [0.2, 0.25) is 0 Å². The number of aliphatic hydroxyl groups excluding tert-OH is 2. The quantitative estimate of drug-likeness (QED) is 0.564. The lowest BCUT2D eigenvalue weighted by molar-refractivity contribution is -0.0205. The van der Waals surface area contributed by atoms with Crippen molar-refractivity contribution in [3.05, 3.63) is 16.8 Å². The molecule has 3 rings (SSSR count). The summed E-state index contributed by atoms with van der Waals surface area (Å²) in [6.45, 7) is 3.55. The Morgan fingerprint density at radius 1 is 1.36 bits per heavy atom. The predicted molar refractivity (Wildman–Crippen MR) is 96.0 cm³/mol. The molecule has 0 radical (unpaired) electrons. The number of carbonyl (C=O) groups is 1. The Morgan fingerprint density at radius 2 is 2.12 bits per heavy atom. The molecule has 0 saturated carbocycles. The lowest BCUT2D eigenvalue weighted by Gasteiger charge is -2.39. The summed E-state index contributed by atoms with van der Waals surface area (Å²) in [6.07, 6.45) is -1.74. The Kier molecular flexibility index (Phi) is 6.26. The molecule has 2 amide bonds. The Bertz CT molecular complexity index is 550. The number of aliphatic hydroxyl groups is 2. The summed E-state index contributed by atoms with van der Waals surface area (Å²) in [5.74, 6) is 0. The molecule has 25 heavy (non-hydrogen) atoms. The van der Waals surface area contributed by atoms with Crippen LogP contribution < -0.4 is 10.6 Å². The van der Waals surface area contributed by atoms with Crippen molar-refractivity contribution >= 4 is 23.1 Å². The van der Waals surface area contributed by atoms with Gasteiger partial charge in [0.15, 0.2) is 0 Å². The number of hydrogen-bond acceptors (Lipinski definition) is 7. The molecule has 0 aromatic carbocycles. The summed E-state index contributed by atoms with van der Waals surface area (Å²) in [5, 5.41) is 29.3. The van der Waals surface area contributed by atoms with Crippen LogP contribution in [0.15, 0.2) is 16.8 Å². The van der Waals surface area contributed by atoms with E-state index in [1.807, 2.05) is 16.8 Å². The first-order valence-corrected chi connectivity index (χ1v) is 9.47. The van der Waals surface area contributed by atoms with E-state index in [9.17, 15) is 15.0 Å². The molecular formula is C16H26N4O4S. The Hall–Kier alpha value is -1.23. The second-order valence-corrected chi connectivity index (χ2v) is 7.34. The van der Waals surface area contributed by atoms with Gasteiger partial charge in [-0.3, -0.25) is 4.90 Å². The highest BCUT2D eigenvalue weighted by molar-refractivity contribution is 7.08. The highest BCUT2D eigenvalue weighted by Crippen LogP contribution is 2.26. The molecule has 2 aliphatic rings. The van der Waals surface area contributed by atoms with Crippen molar-refractivity contribution in [1.82, 2.24) is 15.1 Å². The van der Waals surface area contributed by atoms with Gasteiger partial charge in [-0.1, -0.05) is 0 Å². The largest absolute Gasteiger partial charge is 0.394 e. The minimum absolute atomic E-state index is 0.229. The Labute approximate surface area is 151 Å². The number of likely N-dealkylation sites (N-methyl/N-ethyl adjacent to an activating group) is 1. The SMILES string of the molecule is CN1CCN([C@@H]2[C@H](O)[C@H](CO)O[C@@H]2CNC(=O)Nc2ccsc2)CC1. The van der Waals surface area contributed by atoms with Gasteiger partial charge >= 0.3 is 6.03 Å². The number of ether oxygens (including phenoxy) is 1. The van der Waals surface area contributed by atoms with Crippen LogP contribution in [0.5, 0.6) is 0 Å². The summed E-state index contributed by atoms with van der Waals surface area (Å²) in [4.78, 5) is 16.5. The number of piperazine rings is 1. The zero-order chi connectivity index (χ0) is 17.8. The maximum absolute atomic E-state index is 12.0. The fourth-order valence-electron chi connectivity index (χ4n) is 3.42. The topological polar surface area (TPSA) is 97.3 Å². The molecule has 2 fully saturated rings. The highest BCUT2D eigenvalue weighted by atomic mass is 32.1. The fraction of sp³-hybridized carbons (Fsp3) is 0.688. The minimum Gasteiger partial charge on any atom is -0.394 e. The van der Waals surface area contributed by atoms with Gasteiger partial charge in [0, 0.05) is 38.1 Å². The summed E-state index contributed by atoms with van der Waals surface area (Å²) >= 11 is 1.51. The first-order chi connectivity index (χ1) is 12.1. The molecule has 1 aromatic heterocycles. The van der Waals surface area contributed by atoms with Gasteiger partial charge in [-0.05, 0) is 18.5 Å². The molecule has 3 heterocycles. The van der Waals surface area contributed by atoms with Crippen LogP contribution in [0, 0.1) is 0 Å². The number of thiophene rings is 1. The van der Waals surface area contributed by atoms with Gasteiger partial charge in [0.2, 0.25) is 0 Å². The molecule has 8 nitrogen and oxygen atoms in total. The van der Waals surface area contributed by atoms with E-state index < -0.39 is 12.2 Å².